The molecule has 4 rings (SSSR count). The van der Waals surface area contributed by atoms with Crippen LogP contribution in [0, 0.1) is 17.2 Å². The summed E-state index contributed by atoms with van der Waals surface area (Å²) in [4.78, 5) is 4.78. The van der Waals surface area contributed by atoms with Crippen molar-refractivity contribution in [1.82, 2.24) is 14.6 Å². The number of hydrogen-bond acceptors (Lipinski definition) is 4. The van der Waals surface area contributed by atoms with E-state index >= 15 is 0 Å². The molecule has 0 atom stereocenters. The first-order chi connectivity index (χ1) is 13.2. The van der Waals surface area contributed by atoms with Crippen LogP contribution in [0.1, 0.15) is 45.1 Å². The number of benzene rings is 1. The predicted octanol–water partition coefficient (Wildman–Crippen LogP) is 4.59. The van der Waals surface area contributed by atoms with Gasteiger partial charge >= 0.3 is 0 Å². The van der Waals surface area contributed by atoms with Crippen molar-refractivity contribution in [1.29, 1.82) is 5.26 Å². The van der Waals surface area contributed by atoms with Crippen LogP contribution in [0.4, 0.5) is 5.82 Å². The third-order valence-electron chi connectivity index (χ3n) is 5.37. The van der Waals surface area contributed by atoms with Gasteiger partial charge in [0.2, 0.25) is 0 Å². The highest BCUT2D eigenvalue weighted by atomic mass is 16.5. The number of hydrogen-bond donors (Lipinski definition) is 2. The number of aromatic nitrogens is 3. The number of aromatic amines is 1. The van der Waals surface area contributed by atoms with Crippen molar-refractivity contribution in [3.05, 3.63) is 36.0 Å². The Hall–Kier alpha value is -2.94. The number of imidazole rings is 1. The summed E-state index contributed by atoms with van der Waals surface area (Å²) in [5.41, 5.74) is 3.08. The molecule has 140 valence electrons. The van der Waals surface area contributed by atoms with Crippen molar-refractivity contribution in [3.8, 4) is 23.1 Å². The average Bonchev–Trinajstić information content (AvgIpc) is 3.24. The second-order valence-electron chi connectivity index (χ2n) is 7.33. The van der Waals surface area contributed by atoms with Crippen LogP contribution >= 0.6 is 0 Å². The topological polar surface area (TPSA) is 78.1 Å². The molecule has 1 saturated carbocycles. The number of nitriles is 1. The summed E-state index contributed by atoms with van der Waals surface area (Å²) < 4.78 is 7.44. The maximum absolute atomic E-state index is 9.38. The van der Waals surface area contributed by atoms with Crippen LogP contribution in [0.25, 0.3) is 16.9 Å². The Kier molecular flexibility index (Phi) is 4.76. The van der Waals surface area contributed by atoms with E-state index in [0.717, 1.165) is 41.6 Å². The van der Waals surface area contributed by atoms with Crippen molar-refractivity contribution in [2.45, 2.75) is 45.6 Å². The molecule has 2 N–H and O–H groups in total. The van der Waals surface area contributed by atoms with Crippen LogP contribution in [0.5, 0.6) is 5.75 Å². The average molecular weight is 363 g/mol. The van der Waals surface area contributed by atoms with Gasteiger partial charge < -0.3 is 10.1 Å². The summed E-state index contributed by atoms with van der Waals surface area (Å²) in [6.07, 6.45) is 6.50. The van der Waals surface area contributed by atoms with Crippen molar-refractivity contribution >= 4 is 11.5 Å². The van der Waals surface area contributed by atoms with E-state index < -0.39 is 0 Å². The largest absolute Gasteiger partial charge is 0.494 e. The maximum atomic E-state index is 9.38. The lowest BCUT2D eigenvalue weighted by Crippen LogP contribution is -2.26. The lowest BCUT2D eigenvalue weighted by Gasteiger charge is -2.27. The van der Waals surface area contributed by atoms with Gasteiger partial charge in [-0.3, -0.25) is 5.10 Å². The van der Waals surface area contributed by atoms with Crippen molar-refractivity contribution in [3.63, 3.8) is 0 Å². The van der Waals surface area contributed by atoms with E-state index in [2.05, 4.69) is 23.4 Å². The number of nitrogens with zero attached hydrogens (tertiary/aromatic N) is 3. The number of fused-ring (bicyclic) bond motifs is 1. The first-order valence-electron chi connectivity index (χ1n) is 9.69. The smallest absolute Gasteiger partial charge is 0.173 e. The van der Waals surface area contributed by atoms with E-state index in [0.29, 0.717) is 23.9 Å². The fourth-order valence-electron chi connectivity index (χ4n) is 3.81. The zero-order valence-electron chi connectivity index (χ0n) is 15.8. The first kappa shape index (κ1) is 17.5. The molecule has 1 aliphatic carbocycles. The van der Waals surface area contributed by atoms with Gasteiger partial charge in [0.25, 0.3) is 0 Å². The lowest BCUT2D eigenvalue weighted by atomic mass is 9.87. The number of nitrogens with one attached hydrogen (secondary N) is 2. The molecule has 1 fully saturated rings. The maximum Gasteiger partial charge on any atom is 0.173 e. The highest BCUT2D eigenvalue weighted by Crippen LogP contribution is 2.33. The Labute approximate surface area is 159 Å². The van der Waals surface area contributed by atoms with Crippen LogP contribution in [0.2, 0.25) is 0 Å². The van der Waals surface area contributed by atoms with Gasteiger partial charge in [-0.05, 0) is 62.8 Å². The van der Waals surface area contributed by atoms with Crippen molar-refractivity contribution in [2.24, 2.45) is 5.92 Å². The first-order valence-corrected chi connectivity index (χ1v) is 9.69. The monoisotopic (exact) mass is 363 g/mol. The van der Waals surface area contributed by atoms with Gasteiger partial charge in [-0.2, -0.15) is 5.26 Å². The molecule has 1 aliphatic rings. The summed E-state index contributed by atoms with van der Waals surface area (Å²) in [5, 5.41) is 16.3. The van der Waals surface area contributed by atoms with Gasteiger partial charge in [0.1, 0.15) is 23.1 Å². The molecule has 2 heterocycles. The van der Waals surface area contributed by atoms with E-state index in [1.54, 1.807) is 6.20 Å². The van der Waals surface area contributed by atoms with Gasteiger partial charge in [0, 0.05) is 17.8 Å². The molecular weight excluding hydrogens is 338 g/mol. The zero-order valence-corrected chi connectivity index (χ0v) is 15.8. The summed E-state index contributed by atoms with van der Waals surface area (Å²) in [6.45, 7) is 4.94. The molecule has 2 aromatic heterocycles. The van der Waals surface area contributed by atoms with E-state index in [9.17, 15) is 5.26 Å². The van der Waals surface area contributed by atoms with Gasteiger partial charge in [-0.1, -0.05) is 6.92 Å². The molecule has 6 heteroatoms. The van der Waals surface area contributed by atoms with Crippen molar-refractivity contribution in [2.75, 3.05) is 11.9 Å². The second kappa shape index (κ2) is 7.36. The quantitative estimate of drug-likeness (QED) is 0.695. The standard InChI is InChI=1S/C21H25N5O/c1-3-27-18-10-6-15(7-11-18)19-21(24-17-8-4-14(2)5-9-17)26-20(25-19)16(12-22)13-23-26/h6-7,10-11,13-14,17,23-24H,3-5,8-9H2,1-2H3. The summed E-state index contributed by atoms with van der Waals surface area (Å²) >= 11 is 0. The highest BCUT2D eigenvalue weighted by molar-refractivity contribution is 5.78. The van der Waals surface area contributed by atoms with E-state index in [4.69, 9.17) is 9.72 Å². The Bertz CT molecular complexity index is 955. The predicted molar refractivity (Wildman–Crippen MR) is 106 cm³/mol. The van der Waals surface area contributed by atoms with Gasteiger partial charge in [-0.15, -0.1) is 0 Å². The molecule has 0 bridgehead atoms. The third kappa shape index (κ3) is 3.37. The number of ether oxygens (including phenoxy) is 1. The molecule has 0 unspecified atom stereocenters. The van der Waals surface area contributed by atoms with Crippen LogP contribution in [-0.2, 0) is 0 Å². The lowest BCUT2D eigenvalue weighted by molar-refractivity contribution is 0.340. The number of H-pyrrole nitrogens is 1. The Morgan fingerprint density at radius 3 is 2.67 bits per heavy atom. The molecule has 0 saturated heterocycles. The second-order valence-corrected chi connectivity index (χ2v) is 7.33. The number of anilines is 1. The van der Waals surface area contributed by atoms with Crippen LogP contribution in [0.3, 0.4) is 0 Å². The fraction of sp³-hybridized carbons (Fsp3) is 0.429. The zero-order chi connectivity index (χ0) is 18.8. The molecule has 0 spiro atoms. The van der Waals surface area contributed by atoms with E-state index in [1.807, 2.05) is 35.7 Å². The highest BCUT2D eigenvalue weighted by Gasteiger charge is 2.23. The van der Waals surface area contributed by atoms with Gasteiger partial charge in [-0.25, -0.2) is 9.50 Å². The van der Waals surface area contributed by atoms with Crippen LogP contribution in [0.15, 0.2) is 30.5 Å². The molecule has 6 nitrogen and oxygen atoms in total. The fourth-order valence-corrected chi connectivity index (χ4v) is 3.81. The van der Waals surface area contributed by atoms with Gasteiger partial charge in [0.05, 0.1) is 6.61 Å². The Morgan fingerprint density at radius 1 is 1.26 bits per heavy atom. The Balaban J connectivity index is 1.72. The molecule has 1 aromatic carbocycles. The van der Waals surface area contributed by atoms with Crippen LogP contribution in [-0.4, -0.2) is 27.2 Å². The third-order valence-corrected chi connectivity index (χ3v) is 5.37. The minimum Gasteiger partial charge on any atom is -0.494 e. The minimum atomic E-state index is 0.427. The van der Waals surface area contributed by atoms with Gasteiger partial charge in [0.15, 0.2) is 11.5 Å². The van der Waals surface area contributed by atoms with Crippen LogP contribution < -0.4 is 10.1 Å². The summed E-state index contributed by atoms with van der Waals surface area (Å²) in [6, 6.07) is 10.6. The molecule has 0 aliphatic heterocycles. The number of rotatable bonds is 5. The van der Waals surface area contributed by atoms with E-state index in [-0.39, 0.29) is 0 Å². The SMILES string of the molecule is CCOc1ccc(-c2nc3c(C#N)c[nH]n3c2NC2CCC(C)CC2)cc1. The molecular formula is C21H25N5O. The van der Waals surface area contributed by atoms with E-state index in [1.165, 1.54) is 12.8 Å². The molecule has 0 amide bonds. The van der Waals surface area contributed by atoms with Crippen molar-refractivity contribution < 1.29 is 4.74 Å². The minimum absolute atomic E-state index is 0.427. The summed E-state index contributed by atoms with van der Waals surface area (Å²) in [5.74, 6) is 2.57. The normalized spacial score (nSPS) is 19.7. The Morgan fingerprint density at radius 2 is 2.00 bits per heavy atom. The molecule has 0 radical (unpaired) electrons. The summed E-state index contributed by atoms with van der Waals surface area (Å²) in [7, 11) is 0. The molecule has 3 aromatic rings. The molecule has 27 heavy (non-hydrogen) atoms.